The van der Waals surface area contributed by atoms with Crippen LogP contribution in [0, 0.1) is 16.7 Å². The van der Waals surface area contributed by atoms with Gasteiger partial charge in [0.05, 0.1) is 23.4 Å². The molecule has 0 aromatic carbocycles. The fourth-order valence-electron chi connectivity index (χ4n) is 6.89. The van der Waals surface area contributed by atoms with Crippen LogP contribution in [0.3, 0.4) is 0 Å². The van der Waals surface area contributed by atoms with Crippen LogP contribution in [-0.2, 0) is 0 Å². The number of aliphatic hydroxyl groups excluding tert-OH is 2. The second kappa shape index (κ2) is 15.5. The SMILES string of the molecule is C\C(C=C=C1C(C)(C)C[C@H](O)C[C@@]1(C)O)=C/C=C/C(C)=C/C=C/C=C(C)/C=C/C=C(C)/C=C/C1C(C)(C)C[C@H](O)C[C@@]1(C)O. The normalized spacial score (nSPS) is 32.3. The van der Waals surface area contributed by atoms with Crippen molar-refractivity contribution in [2.24, 2.45) is 16.7 Å². The van der Waals surface area contributed by atoms with Gasteiger partial charge in [-0.25, -0.2) is 0 Å². The van der Waals surface area contributed by atoms with Crippen LogP contribution < -0.4 is 0 Å². The van der Waals surface area contributed by atoms with Crippen molar-refractivity contribution >= 4 is 0 Å². The largest absolute Gasteiger partial charge is 0.393 e. The van der Waals surface area contributed by atoms with Crippen LogP contribution >= 0.6 is 0 Å². The van der Waals surface area contributed by atoms with E-state index < -0.39 is 23.4 Å². The number of hydrogen-bond donors (Lipinski definition) is 4. The zero-order chi connectivity index (χ0) is 33.3. The molecule has 2 aliphatic rings. The van der Waals surface area contributed by atoms with Crippen LogP contribution in [0.4, 0.5) is 0 Å². The van der Waals surface area contributed by atoms with Crippen molar-refractivity contribution in [2.75, 3.05) is 0 Å². The Morgan fingerprint density at radius 3 is 1.64 bits per heavy atom. The van der Waals surface area contributed by atoms with Crippen LogP contribution in [0.1, 0.15) is 94.9 Å². The fraction of sp³-hybridized carbons (Fsp3) is 0.525. The van der Waals surface area contributed by atoms with Gasteiger partial charge in [0.15, 0.2) is 0 Å². The second-order valence-electron chi connectivity index (χ2n) is 14.9. The van der Waals surface area contributed by atoms with Gasteiger partial charge in [-0.3, -0.25) is 0 Å². The Bertz CT molecular complexity index is 1270. The molecule has 0 aliphatic heterocycles. The molecular formula is C40H58O4. The maximum absolute atomic E-state index is 10.9. The van der Waals surface area contributed by atoms with Crippen molar-refractivity contribution in [3.8, 4) is 0 Å². The van der Waals surface area contributed by atoms with Gasteiger partial charge in [0.25, 0.3) is 0 Å². The molecule has 5 atom stereocenters. The zero-order valence-electron chi connectivity index (χ0n) is 28.9. The predicted octanol–water partition coefficient (Wildman–Crippen LogP) is 8.56. The molecule has 2 saturated carbocycles. The highest BCUT2D eigenvalue weighted by Gasteiger charge is 2.47. The average Bonchev–Trinajstić information content (AvgIpc) is 2.83. The smallest absolute Gasteiger partial charge is 0.0931 e. The first kappa shape index (κ1) is 37.5. The Labute approximate surface area is 267 Å². The van der Waals surface area contributed by atoms with E-state index in [0.717, 1.165) is 27.9 Å². The average molecular weight is 603 g/mol. The van der Waals surface area contributed by atoms with Crippen molar-refractivity contribution in [3.63, 3.8) is 0 Å². The van der Waals surface area contributed by atoms with E-state index in [1.807, 2.05) is 64.2 Å². The van der Waals surface area contributed by atoms with Gasteiger partial charge in [-0.15, -0.1) is 5.73 Å². The van der Waals surface area contributed by atoms with Gasteiger partial charge in [-0.05, 0) is 76.9 Å². The fourth-order valence-corrected chi connectivity index (χ4v) is 6.89. The summed E-state index contributed by atoms with van der Waals surface area (Å²) in [6.07, 6.45) is 27.6. The number of allylic oxidation sites excluding steroid dienone is 15. The first-order chi connectivity index (χ1) is 20.2. The first-order valence-corrected chi connectivity index (χ1v) is 15.9. The van der Waals surface area contributed by atoms with E-state index in [1.165, 1.54) is 0 Å². The topological polar surface area (TPSA) is 80.9 Å². The van der Waals surface area contributed by atoms with Gasteiger partial charge in [0, 0.05) is 24.3 Å². The van der Waals surface area contributed by atoms with Crippen molar-refractivity contribution < 1.29 is 20.4 Å². The molecule has 0 radical (unpaired) electrons. The van der Waals surface area contributed by atoms with Gasteiger partial charge >= 0.3 is 0 Å². The number of hydrogen-bond acceptors (Lipinski definition) is 4. The van der Waals surface area contributed by atoms with E-state index in [9.17, 15) is 20.4 Å². The molecule has 2 rings (SSSR count). The van der Waals surface area contributed by atoms with Crippen molar-refractivity contribution in [1.82, 2.24) is 0 Å². The molecular weight excluding hydrogens is 544 g/mol. The number of aliphatic hydroxyl groups is 4. The molecule has 4 nitrogen and oxygen atoms in total. The minimum Gasteiger partial charge on any atom is -0.393 e. The lowest BCUT2D eigenvalue weighted by atomic mass is 9.61. The minimum atomic E-state index is -1.06. The molecule has 4 N–H and O–H groups in total. The number of rotatable bonds is 9. The molecule has 0 aromatic rings. The van der Waals surface area contributed by atoms with Crippen LogP contribution in [0.2, 0.25) is 0 Å². The summed E-state index contributed by atoms with van der Waals surface area (Å²) in [5.74, 6) is -0.0208. The van der Waals surface area contributed by atoms with Gasteiger partial charge in [0.1, 0.15) is 0 Å². The Balaban J connectivity index is 1.95. The molecule has 0 spiro atoms. The lowest BCUT2D eigenvalue weighted by Crippen LogP contribution is -2.50. The lowest BCUT2D eigenvalue weighted by Gasteiger charge is -2.48. The summed E-state index contributed by atoms with van der Waals surface area (Å²) < 4.78 is 0. The summed E-state index contributed by atoms with van der Waals surface area (Å²) in [5, 5.41) is 42.0. The third-order valence-electron chi connectivity index (χ3n) is 8.78. The van der Waals surface area contributed by atoms with E-state index in [4.69, 9.17) is 0 Å². The Morgan fingerprint density at radius 2 is 1.11 bits per heavy atom. The molecule has 242 valence electrons. The Hall–Kier alpha value is -2.72. The van der Waals surface area contributed by atoms with Crippen molar-refractivity contribution in [1.29, 1.82) is 0 Å². The molecule has 2 fully saturated rings. The molecule has 2 aliphatic carbocycles. The molecule has 0 aromatic heterocycles. The van der Waals surface area contributed by atoms with Gasteiger partial charge < -0.3 is 20.4 Å². The van der Waals surface area contributed by atoms with Gasteiger partial charge in [-0.2, -0.15) is 0 Å². The monoisotopic (exact) mass is 602 g/mol. The van der Waals surface area contributed by atoms with Crippen molar-refractivity contribution in [2.45, 2.75) is 118 Å². The summed E-state index contributed by atoms with van der Waals surface area (Å²) in [5.41, 5.74) is 6.10. The summed E-state index contributed by atoms with van der Waals surface area (Å²) in [4.78, 5) is 0. The summed E-state index contributed by atoms with van der Waals surface area (Å²) in [6.45, 7) is 20.1. The standard InChI is InChI=1S/C40H58O4/c1-29(17-13-19-31(3)21-23-35-37(5,6)25-33(41)27-39(35,9)43)15-11-12-16-30(2)18-14-20-32(4)22-24-36-38(7,8)26-34(42)28-40(36,10)44/h11-23,33-35,41-44H,25-28H2,1-10H3/b12-11+,17-13+,18-14+,23-21+,29-15+,30-16+,31-19+,32-20+/t24?,33-,34-,35?,39+,40+/m0/s1. The first-order valence-electron chi connectivity index (χ1n) is 15.9. The molecule has 0 bridgehead atoms. The Morgan fingerprint density at radius 1 is 0.636 bits per heavy atom. The summed E-state index contributed by atoms with van der Waals surface area (Å²) in [7, 11) is 0. The highest BCUT2D eigenvalue weighted by Crippen LogP contribution is 2.47. The van der Waals surface area contributed by atoms with Gasteiger partial charge in [0.2, 0.25) is 0 Å². The van der Waals surface area contributed by atoms with Crippen LogP contribution in [0.25, 0.3) is 0 Å². The minimum absolute atomic E-state index is 0.0208. The highest BCUT2D eigenvalue weighted by molar-refractivity contribution is 5.33. The molecule has 1 unspecified atom stereocenters. The zero-order valence-corrected chi connectivity index (χ0v) is 28.9. The third-order valence-corrected chi connectivity index (χ3v) is 8.78. The molecule has 0 saturated heterocycles. The van der Waals surface area contributed by atoms with Crippen molar-refractivity contribution in [3.05, 3.63) is 113 Å². The second-order valence-corrected chi connectivity index (χ2v) is 14.9. The van der Waals surface area contributed by atoms with E-state index in [0.29, 0.717) is 25.7 Å². The molecule has 44 heavy (non-hydrogen) atoms. The predicted molar refractivity (Wildman–Crippen MR) is 186 cm³/mol. The highest BCUT2D eigenvalue weighted by atomic mass is 16.3. The lowest BCUT2D eigenvalue weighted by molar-refractivity contribution is -0.111. The summed E-state index contributed by atoms with van der Waals surface area (Å²) in [6, 6.07) is 0. The van der Waals surface area contributed by atoms with Crippen LogP contribution in [-0.4, -0.2) is 43.8 Å². The molecule has 4 heteroatoms. The molecule has 0 amide bonds. The summed E-state index contributed by atoms with van der Waals surface area (Å²) >= 11 is 0. The maximum atomic E-state index is 10.9. The quantitative estimate of drug-likeness (QED) is 0.157. The molecule has 0 heterocycles. The Kier molecular flexibility index (Phi) is 13.2. The van der Waals surface area contributed by atoms with Gasteiger partial charge in [-0.1, -0.05) is 117 Å². The maximum Gasteiger partial charge on any atom is 0.0931 e. The van der Waals surface area contributed by atoms with E-state index in [2.05, 4.69) is 82.9 Å². The van der Waals surface area contributed by atoms with Crippen LogP contribution in [0.5, 0.6) is 0 Å². The van der Waals surface area contributed by atoms with Crippen LogP contribution in [0.15, 0.2) is 113 Å². The van der Waals surface area contributed by atoms with E-state index in [-0.39, 0.29) is 16.7 Å². The van der Waals surface area contributed by atoms with E-state index in [1.54, 1.807) is 6.92 Å². The third kappa shape index (κ3) is 11.7. The van der Waals surface area contributed by atoms with E-state index >= 15 is 0 Å².